The molecule has 0 aliphatic heterocycles. The summed E-state index contributed by atoms with van der Waals surface area (Å²) in [5.41, 5.74) is 4.15. The van der Waals surface area contributed by atoms with Gasteiger partial charge < -0.3 is 5.32 Å². The van der Waals surface area contributed by atoms with E-state index in [-0.39, 0.29) is 11.4 Å². The number of halogens is 2. The van der Waals surface area contributed by atoms with Crippen LogP contribution in [0.25, 0.3) is 0 Å². The molecule has 3 N–H and O–H groups in total. The van der Waals surface area contributed by atoms with Gasteiger partial charge in [-0.1, -0.05) is 11.8 Å². The van der Waals surface area contributed by atoms with Crippen molar-refractivity contribution in [3.63, 3.8) is 0 Å². The second-order valence-electron chi connectivity index (χ2n) is 5.47. The molecular weight excluding hydrogens is 388 g/mol. The summed E-state index contributed by atoms with van der Waals surface area (Å²) in [4.78, 5) is 20.0. The molecule has 1 amide bonds. The van der Waals surface area contributed by atoms with E-state index in [1.807, 2.05) is 19.1 Å². The lowest BCUT2D eigenvalue weighted by Crippen LogP contribution is -2.15. The van der Waals surface area contributed by atoms with E-state index in [4.69, 9.17) is 0 Å². The summed E-state index contributed by atoms with van der Waals surface area (Å²) in [6.07, 6.45) is 3.33. The molecule has 0 aliphatic carbocycles. The third-order valence-corrected chi connectivity index (χ3v) is 4.27. The van der Waals surface area contributed by atoms with Crippen LogP contribution in [0.1, 0.15) is 12.5 Å². The van der Waals surface area contributed by atoms with Crippen molar-refractivity contribution in [1.82, 2.24) is 20.2 Å². The van der Waals surface area contributed by atoms with Crippen LogP contribution in [-0.2, 0) is 4.79 Å². The summed E-state index contributed by atoms with van der Waals surface area (Å²) in [6, 6.07) is 6.47. The monoisotopic (exact) mass is 403 g/mol. The van der Waals surface area contributed by atoms with E-state index in [0.29, 0.717) is 11.1 Å². The Balaban J connectivity index is 1.52. The van der Waals surface area contributed by atoms with Gasteiger partial charge >= 0.3 is 0 Å². The van der Waals surface area contributed by atoms with Crippen LogP contribution in [0.3, 0.4) is 0 Å². The second kappa shape index (κ2) is 9.04. The van der Waals surface area contributed by atoms with Crippen molar-refractivity contribution in [3.8, 4) is 0 Å². The first kappa shape index (κ1) is 19.4. The van der Waals surface area contributed by atoms with Crippen LogP contribution < -0.4 is 10.7 Å². The minimum atomic E-state index is -0.716. The van der Waals surface area contributed by atoms with Gasteiger partial charge in [-0.3, -0.25) is 9.78 Å². The zero-order valence-electron chi connectivity index (χ0n) is 14.6. The van der Waals surface area contributed by atoms with Gasteiger partial charge in [-0.15, -0.1) is 5.10 Å². The normalized spacial score (nSPS) is 11.3. The van der Waals surface area contributed by atoms with E-state index in [9.17, 15) is 13.6 Å². The Morgan fingerprint density at radius 2 is 2.04 bits per heavy atom. The number of anilines is 2. The molecule has 28 heavy (non-hydrogen) atoms. The van der Waals surface area contributed by atoms with Crippen molar-refractivity contribution in [2.45, 2.75) is 12.1 Å². The van der Waals surface area contributed by atoms with Crippen molar-refractivity contribution in [2.24, 2.45) is 5.10 Å². The lowest BCUT2D eigenvalue weighted by atomic mass is 10.2. The Kier molecular flexibility index (Phi) is 6.27. The predicted octanol–water partition coefficient (Wildman–Crippen LogP) is 3.04. The molecule has 0 unspecified atom stereocenters. The number of hydrazone groups is 1. The summed E-state index contributed by atoms with van der Waals surface area (Å²) in [7, 11) is 0. The van der Waals surface area contributed by atoms with Gasteiger partial charge in [0.05, 0.1) is 17.2 Å². The largest absolute Gasteiger partial charge is 0.323 e. The molecule has 2 aromatic heterocycles. The van der Waals surface area contributed by atoms with Crippen LogP contribution in [0, 0.1) is 11.6 Å². The van der Waals surface area contributed by atoms with Crippen LogP contribution in [0.4, 0.5) is 20.4 Å². The molecule has 0 radical (unpaired) electrons. The molecule has 0 bridgehead atoms. The topological polar surface area (TPSA) is 108 Å². The van der Waals surface area contributed by atoms with Crippen LogP contribution in [0.5, 0.6) is 0 Å². The molecule has 144 valence electrons. The summed E-state index contributed by atoms with van der Waals surface area (Å²) in [5.74, 6) is -1.65. The maximum atomic E-state index is 13.5. The zero-order chi connectivity index (χ0) is 19.9. The Hall–Kier alpha value is -3.34. The van der Waals surface area contributed by atoms with Crippen LogP contribution >= 0.6 is 11.8 Å². The average Bonchev–Trinajstić information content (AvgIpc) is 3.16. The first-order chi connectivity index (χ1) is 13.5. The van der Waals surface area contributed by atoms with Gasteiger partial charge in [-0.2, -0.15) is 10.1 Å². The van der Waals surface area contributed by atoms with Crippen LogP contribution in [-0.4, -0.2) is 37.5 Å². The quantitative estimate of drug-likeness (QED) is 0.318. The standard InChI is InChI=1S/C17H15F2N7OS/c1-10(11-4-6-20-7-5-11)23-24-16-22-17(26-25-16)28-9-15(27)21-14-8-12(18)2-3-13(14)19/h2-8H,9H2,1H3,(H,21,27)(H2,22,24,25,26)/b23-10+. The Bertz CT molecular complexity index is 994. The molecular formula is C17H15F2N7OS. The molecule has 0 fully saturated rings. The fraction of sp³-hybridized carbons (Fsp3) is 0.118. The summed E-state index contributed by atoms with van der Waals surface area (Å²) in [6.45, 7) is 1.82. The minimum absolute atomic E-state index is 0.0768. The fourth-order valence-corrected chi connectivity index (χ4v) is 2.66. The van der Waals surface area contributed by atoms with Gasteiger partial charge in [0.2, 0.25) is 17.0 Å². The lowest BCUT2D eigenvalue weighted by molar-refractivity contribution is -0.113. The molecule has 0 saturated carbocycles. The SMILES string of the molecule is C/C(=N\Nc1nc(SCC(=O)Nc2cc(F)ccc2F)n[nH]1)c1ccncc1. The first-order valence-corrected chi connectivity index (χ1v) is 9.00. The smallest absolute Gasteiger partial charge is 0.240 e. The van der Waals surface area contributed by atoms with Gasteiger partial charge in [0, 0.05) is 24.0 Å². The van der Waals surface area contributed by atoms with Gasteiger partial charge in [0.25, 0.3) is 0 Å². The van der Waals surface area contributed by atoms with Crippen molar-refractivity contribution in [3.05, 3.63) is 59.9 Å². The molecule has 8 nitrogen and oxygen atoms in total. The molecule has 0 spiro atoms. The minimum Gasteiger partial charge on any atom is -0.323 e. The molecule has 2 heterocycles. The number of benzene rings is 1. The van der Waals surface area contributed by atoms with Gasteiger partial charge in [0.1, 0.15) is 11.6 Å². The zero-order valence-corrected chi connectivity index (χ0v) is 15.4. The number of pyridine rings is 1. The lowest BCUT2D eigenvalue weighted by Gasteiger charge is -2.05. The number of nitrogens with one attached hydrogen (secondary N) is 3. The fourth-order valence-electron chi connectivity index (χ4n) is 2.07. The Morgan fingerprint density at radius 1 is 1.25 bits per heavy atom. The average molecular weight is 403 g/mol. The van der Waals surface area contributed by atoms with Crippen LogP contribution in [0.2, 0.25) is 0 Å². The third-order valence-electron chi connectivity index (χ3n) is 3.43. The number of hydrogen-bond donors (Lipinski definition) is 3. The highest BCUT2D eigenvalue weighted by molar-refractivity contribution is 7.99. The molecule has 3 rings (SSSR count). The molecule has 0 aliphatic rings. The number of thioether (sulfide) groups is 1. The summed E-state index contributed by atoms with van der Waals surface area (Å²) < 4.78 is 26.6. The van der Waals surface area contributed by atoms with E-state index in [2.05, 4.69) is 36.0 Å². The van der Waals surface area contributed by atoms with Gasteiger partial charge in [-0.25, -0.2) is 19.3 Å². The van der Waals surface area contributed by atoms with E-state index in [0.717, 1.165) is 41.2 Å². The van der Waals surface area contributed by atoms with E-state index in [1.54, 1.807) is 12.4 Å². The number of aromatic amines is 1. The third kappa shape index (κ3) is 5.33. The first-order valence-electron chi connectivity index (χ1n) is 8.02. The van der Waals surface area contributed by atoms with Gasteiger partial charge in [0.15, 0.2) is 0 Å². The van der Waals surface area contributed by atoms with Gasteiger partial charge in [-0.05, 0) is 31.2 Å². The van der Waals surface area contributed by atoms with Crippen molar-refractivity contribution in [1.29, 1.82) is 0 Å². The molecule has 0 saturated heterocycles. The molecule has 3 aromatic rings. The number of nitrogens with zero attached hydrogens (tertiary/aromatic N) is 4. The van der Waals surface area contributed by atoms with E-state index >= 15 is 0 Å². The number of carbonyl (C=O) groups excluding carboxylic acids is 1. The number of rotatable bonds is 7. The summed E-state index contributed by atoms with van der Waals surface area (Å²) >= 11 is 1.03. The second-order valence-corrected chi connectivity index (χ2v) is 6.42. The Labute approximate surface area is 162 Å². The predicted molar refractivity (Wildman–Crippen MR) is 102 cm³/mol. The van der Waals surface area contributed by atoms with Crippen molar-refractivity contribution in [2.75, 3.05) is 16.5 Å². The van der Waals surface area contributed by atoms with Crippen molar-refractivity contribution < 1.29 is 13.6 Å². The summed E-state index contributed by atoms with van der Waals surface area (Å²) in [5, 5.41) is 13.4. The highest BCUT2D eigenvalue weighted by atomic mass is 32.2. The number of amides is 1. The number of hydrogen-bond acceptors (Lipinski definition) is 7. The highest BCUT2D eigenvalue weighted by Gasteiger charge is 2.11. The number of aromatic nitrogens is 4. The highest BCUT2D eigenvalue weighted by Crippen LogP contribution is 2.18. The van der Waals surface area contributed by atoms with Crippen LogP contribution in [0.15, 0.2) is 53.0 Å². The molecule has 11 heteroatoms. The van der Waals surface area contributed by atoms with Crippen molar-refractivity contribution >= 4 is 35.0 Å². The molecule has 1 aromatic carbocycles. The molecule has 0 atom stereocenters. The Morgan fingerprint density at radius 3 is 2.82 bits per heavy atom. The maximum absolute atomic E-state index is 13.5. The van der Waals surface area contributed by atoms with E-state index < -0.39 is 17.5 Å². The number of carbonyl (C=O) groups is 1. The maximum Gasteiger partial charge on any atom is 0.240 e. The van der Waals surface area contributed by atoms with E-state index in [1.165, 1.54) is 0 Å². The number of H-pyrrole nitrogens is 1.